The van der Waals surface area contributed by atoms with Crippen LogP contribution in [0.3, 0.4) is 0 Å². The van der Waals surface area contributed by atoms with Gasteiger partial charge in [-0.3, -0.25) is 4.79 Å². The molecule has 164 valence electrons. The Kier molecular flexibility index (Phi) is 7.65. The van der Waals surface area contributed by atoms with Gasteiger partial charge >= 0.3 is 12.0 Å². The first-order chi connectivity index (χ1) is 14.9. The zero-order chi connectivity index (χ0) is 22.2. The van der Waals surface area contributed by atoms with Crippen LogP contribution in [0.15, 0.2) is 48.5 Å². The molecule has 1 aliphatic rings. The van der Waals surface area contributed by atoms with Crippen molar-refractivity contribution in [3.05, 3.63) is 70.8 Å². The summed E-state index contributed by atoms with van der Waals surface area (Å²) in [4.78, 5) is 36.2. The molecule has 1 aliphatic carbocycles. The fourth-order valence-corrected chi connectivity index (χ4v) is 3.61. The van der Waals surface area contributed by atoms with Crippen molar-refractivity contribution in [3.8, 4) is 0 Å². The van der Waals surface area contributed by atoms with Crippen molar-refractivity contribution >= 4 is 17.9 Å². The quantitative estimate of drug-likeness (QED) is 0.596. The Morgan fingerprint density at radius 3 is 2.55 bits per heavy atom. The molecule has 3 amide bonds. The van der Waals surface area contributed by atoms with Gasteiger partial charge in [0.25, 0.3) is 5.91 Å². The van der Waals surface area contributed by atoms with Gasteiger partial charge in [-0.25, -0.2) is 9.59 Å². The maximum Gasteiger partial charge on any atom is 0.338 e. The number of fused-ring (bicyclic) bond motifs is 1. The summed E-state index contributed by atoms with van der Waals surface area (Å²) < 4.78 is 5.17. The Hall–Kier alpha value is -3.35. The van der Waals surface area contributed by atoms with Crippen LogP contribution in [0.25, 0.3) is 0 Å². The summed E-state index contributed by atoms with van der Waals surface area (Å²) in [6, 6.07) is 14.6. The third-order valence-electron chi connectivity index (χ3n) is 5.10. The van der Waals surface area contributed by atoms with Crippen LogP contribution in [-0.4, -0.2) is 30.6 Å². The molecule has 0 unspecified atom stereocenters. The minimum Gasteiger partial charge on any atom is -0.452 e. The minimum absolute atomic E-state index is 0.0455. The molecule has 0 saturated heterocycles. The molecule has 3 N–H and O–H groups in total. The van der Waals surface area contributed by atoms with Gasteiger partial charge < -0.3 is 20.7 Å². The second kappa shape index (κ2) is 10.6. The lowest BCUT2D eigenvalue weighted by molar-refractivity contribution is -0.125. The van der Waals surface area contributed by atoms with E-state index in [4.69, 9.17) is 4.74 Å². The number of nitrogens with one attached hydrogen (secondary N) is 3. The molecular weight excluding hydrogens is 394 g/mol. The highest BCUT2D eigenvalue weighted by Crippen LogP contribution is 2.29. The molecule has 7 heteroatoms. The maximum atomic E-state index is 12.3. The highest BCUT2D eigenvalue weighted by Gasteiger charge is 2.22. The van der Waals surface area contributed by atoms with E-state index >= 15 is 0 Å². The lowest BCUT2D eigenvalue weighted by atomic mass is 9.88. The van der Waals surface area contributed by atoms with Crippen molar-refractivity contribution in [2.24, 2.45) is 0 Å². The van der Waals surface area contributed by atoms with Gasteiger partial charge in [0, 0.05) is 12.6 Å². The number of urea groups is 1. The largest absolute Gasteiger partial charge is 0.452 e. The Morgan fingerprint density at radius 1 is 1.06 bits per heavy atom. The van der Waals surface area contributed by atoms with Crippen LogP contribution in [-0.2, 0) is 22.5 Å². The number of hydrogen-bond donors (Lipinski definition) is 3. The van der Waals surface area contributed by atoms with E-state index in [1.54, 1.807) is 24.3 Å². The van der Waals surface area contributed by atoms with E-state index in [9.17, 15) is 14.4 Å². The fourth-order valence-electron chi connectivity index (χ4n) is 3.61. The van der Waals surface area contributed by atoms with Gasteiger partial charge in [-0.1, -0.05) is 36.4 Å². The summed E-state index contributed by atoms with van der Waals surface area (Å²) in [7, 11) is 0. The van der Waals surface area contributed by atoms with E-state index in [-0.39, 0.29) is 30.6 Å². The second-order valence-electron chi connectivity index (χ2n) is 7.97. The molecule has 0 spiro atoms. The third-order valence-corrected chi connectivity index (χ3v) is 5.10. The minimum atomic E-state index is -0.559. The van der Waals surface area contributed by atoms with Crippen LogP contribution in [0.1, 0.15) is 59.8 Å². The van der Waals surface area contributed by atoms with Crippen molar-refractivity contribution in [2.45, 2.75) is 51.7 Å². The van der Waals surface area contributed by atoms with Crippen LogP contribution in [0.2, 0.25) is 0 Å². The lowest BCUT2D eigenvalue weighted by Crippen LogP contribution is -2.39. The highest BCUT2D eigenvalue weighted by molar-refractivity contribution is 5.91. The van der Waals surface area contributed by atoms with Crippen molar-refractivity contribution in [2.75, 3.05) is 6.61 Å². The smallest absolute Gasteiger partial charge is 0.338 e. The van der Waals surface area contributed by atoms with Crippen molar-refractivity contribution in [1.29, 1.82) is 0 Å². The highest BCUT2D eigenvalue weighted by atomic mass is 16.5. The summed E-state index contributed by atoms with van der Waals surface area (Å²) >= 11 is 0. The Balaban J connectivity index is 1.45. The van der Waals surface area contributed by atoms with Crippen LogP contribution in [0.5, 0.6) is 0 Å². The zero-order valence-corrected chi connectivity index (χ0v) is 17.9. The van der Waals surface area contributed by atoms with E-state index in [2.05, 4.69) is 22.0 Å². The SMILES string of the molecule is CC(C)NC(=O)NCc1ccc(C(=O)OCC(=O)N[C@@H]2CCCc3ccccc32)cc1. The second-order valence-corrected chi connectivity index (χ2v) is 7.97. The molecule has 3 rings (SSSR count). The van der Waals surface area contributed by atoms with Gasteiger partial charge in [0.05, 0.1) is 11.6 Å². The van der Waals surface area contributed by atoms with Crippen molar-refractivity contribution in [3.63, 3.8) is 0 Å². The molecule has 2 aromatic rings. The normalized spacial score (nSPS) is 15.0. The summed E-state index contributed by atoms with van der Waals surface area (Å²) in [6.45, 7) is 3.79. The van der Waals surface area contributed by atoms with Gasteiger partial charge in [-0.15, -0.1) is 0 Å². The topological polar surface area (TPSA) is 96.5 Å². The van der Waals surface area contributed by atoms with Crippen LogP contribution < -0.4 is 16.0 Å². The van der Waals surface area contributed by atoms with Gasteiger partial charge in [0.1, 0.15) is 0 Å². The van der Waals surface area contributed by atoms with Crippen LogP contribution >= 0.6 is 0 Å². The predicted molar refractivity (Wildman–Crippen MR) is 117 cm³/mol. The predicted octanol–water partition coefficient (Wildman–Crippen LogP) is 3.24. The average molecular weight is 424 g/mol. The summed E-state index contributed by atoms with van der Waals surface area (Å²) in [5.74, 6) is -0.872. The fraction of sp³-hybridized carbons (Fsp3) is 0.375. The molecule has 0 fully saturated rings. The molecular formula is C24H29N3O4. The molecule has 0 radical (unpaired) electrons. The zero-order valence-electron chi connectivity index (χ0n) is 17.9. The molecule has 0 bridgehead atoms. The van der Waals surface area contributed by atoms with E-state index < -0.39 is 5.97 Å². The number of hydrogen-bond acceptors (Lipinski definition) is 4. The Labute approximate surface area is 182 Å². The van der Waals surface area contributed by atoms with E-state index in [1.165, 1.54) is 5.56 Å². The van der Waals surface area contributed by atoms with E-state index in [0.717, 1.165) is 30.4 Å². The summed E-state index contributed by atoms with van der Waals surface area (Å²) in [5, 5.41) is 8.46. The number of esters is 1. The number of aryl methyl sites for hydroxylation is 1. The van der Waals surface area contributed by atoms with E-state index in [0.29, 0.717) is 12.1 Å². The molecule has 2 aromatic carbocycles. The maximum absolute atomic E-state index is 12.3. The standard InChI is InChI=1S/C24H29N3O4/c1-16(2)26-24(30)25-14-17-10-12-19(13-11-17)23(29)31-15-22(28)27-21-9-5-7-18-6-3-4-8-20(18)21/h3-4,6,8,10-13,16,21H,5,7,9,14-15H2,1-2H3,(H,27,28)(H2,25,26,30)/t21-/m1/s1. The molecule has 1 atom stereocenters. The summed E-state index contributed by atoms with van der Waals surface area (Å²) in [5.41, 5.74) is 3.60. The molecule has 31 heavy (non-hydrogen) atoms. The number of carbonyl (C=O) groups excluding carboxylic acids is 3. The number of carbonyl (C=O) groups is 3. The number of ether oxygens (including phenoxy) is 1. The molecule has 0 aromatic heterocycles. The Morgan fingerprint density at radius 2 is 1.81 bits per heavy atom. The molecule has 7 nitrogen and oxygen atoms in total. The van der Waals surface area contributed by atoms with Crippen LogP contribution in [0.4, 0.5) is 4.79 Å². The lowest BCUT2D eigenvalue weighted by Gasteiger charge is -2.26. The number of benzene rings is 2. The third kappa shape index (κ3) is 6.57. The molecule has 0 heterocycles. The van der Waals surface area contributed by atoms with Crippen molar-refractivity contribution < 1.29 is 19.1 Å². The monoisotopic (exact) mass is 423 g/mol. The Bertz CT molecular complexity index is 925. The van der Waals surface area contributed by atoms with E-state index in [1.807, 2.05) is 32.0 Å². The number of amides is 3. The van der Waals surface area contributed by atoms with Gasteiger partial charge in [-0.05, 0) is 61.9 Å². The number of rotatable bonds is 7. The van der Waals surface area contributed by atoms with Gasteiger partial charge in [0.2, 0.25) is 0 Å². The molecule has 0 aliphatic heterocycles. The van der Waals surface area contributed by atoms with Crippen molar-refractivity contribution in [1.82, 2.24) is 16.0 Å². The van der Waals surface area contributed by atoms with Gasteiger partial charge in [0.15, 0.2) is 6.61 Å². The first kappa shape index (κ1) is 22.3. The van der Waals surface area contributed by atoms with Gasteiger partial charge in [-0.2, -0.15) is 0 Å². The summed E-state index contributed by atoms with van der Waals surface area (Å²) in [6.07, 6.45) is 2.91. The first-order valence-corrected chi connectivity index (χ1v) is 10.6. The first-order valence-electron chi connectivity index (χ1n) is 10.6. The molecule has 0 saturated carbocycles. The average Bonchev–Trinajstić information content (AvgIpc) is 2.76. The van der Waals surface area contributed by atoms with Crippen LogP contribution in [0, 0.1) is 0 Å².